The van der Waals surface area contributed by atoms with Crippen molar-refractivity contribution in [3.8, 4) is 0 Å². The number of benzene rings is 2. The number of allylic oxidation sites excluding steroid dienone is 2. The number of hydrogen-bond donors (Lipinski definition) is 2. The molecule has 6 rings (SSSR count). The van der Waals surface area contributed by atoms with Crippen LogP contribution in [-0.4, -0.2) is 74.9 Å². The number of carbonyl (C=O) groups excluding carboxylic acids is 2. The van der Waals surface area contributed by atoms with E-state index in [1.807, 2.05) is 24.3 Å². The Hall–Kier alpha value is -3.69. The monoisotopic (exact) mass is 602 g/mol. The zero-order valence-electron chi connectivity index (χ0n) is 25.5. The molecule has 1 unspecified atom stereocenters. The predicted molar refractivity (Wildman–Crippen MR) is 169 cm³/mol. The Morgan fingerprint density at radius 2 is 1.73 bits per heavy atom. The average Bonchev–Trinajstić information content (AvgIpc) is 3.06. The van der Waals surface area contributed by atoms with E-state index >= 15 is 4.39 Å². The van der Waals surface area contributed by atoms with Gasteiger partial charge in [-0.15, -0.1) is 0 Å². The second-order valence-electron chi connectivity index (χ2n) is 12.3. The SMILES string of the molecule is Cc1cccc(F)c1C(=O)N1CCC[C@H](C(=O)Nc2cccc(N3CCOCC3)c2)[C@@H]1C1C=CC(NC2CCOCC2)=CC1. The number of aryl methyl sites for hydroxylation is 1. The van der Waals surface area contributed by atoms with E-state index in [-0.39, 0.29) is 23.3 Å². The molecule has 0 radical (unpaired) electrons. The summed E-state index contributed by atoms with van der Waals surface area (Å²) in [5.41, 5.74) is 3.53. The Kier molecular flexibility index (Phi) is 9.62. The molecule has 3 heterocycles. The van der Waals surface area contributed by atoms with E-state index in [1.54, 1.807) is 24.0 Å². The number of rotatable bonds is 7. The van der Waals surface area contributed by atoms with Gasteiger partial charge in [-0.3, -0.25) is 9.59 Å². The van der Waals surface area contributed by atoms with Crippen molar-refractivity contribution >= 4 is 23.2 Å². The molecular formula is C35H43FN4O4. The number of ether oxygens (including phenoxy) is 2. The maximum absolute atomic E-state index is 15.1. The van der Waals surface area contributed by atoms with Crippen LogP contribution < -0.4 is 15.5 Å². The number of halogens is 1. The van der Waals surface area contributed by atoms with Crippen molar-refractivity contribution in [3.63, 3.8) is 0 Å². The number of morpholine rings is 1. The molecule has 3 atom stereocenters. The summed E-state index contributed by atoms with van der Waals surface area (Å²) in [7, 11) is 0. The van der Waals surface area contributed by atoms with Gasteiger partial charge in [-0.1, -0.05) is 30.4 Å². The number of carbonyl (C=O) groups is 2. The molecule has 3 fully saturated rings. The van der Waals surface area contributed by atoms with Crippen LogP contribution in [0.5, 0.6) is 0 Å². The number of piperidine rings is 1. The molecule has 0 spiro atoms. The van der Waals surface area contributed by atoms with E-state index in [9.17, 15) is 9.59 Å². The van der Waals surface area contributed by atoms with Gasteiger partial charge in [0.2, 0.25) is 5.91 Å². The van der Waals surface area contributed by atoms with Crippen LogP contribution >= 0.6 is 0 Å². The smallest absolute Gasteiger partial charge is 0.257 e. The third-order valence-corrected chi connectivity index (χ3v) is 9.37. The number of anilines is 2. The lowest BCUT2D eigenvalue weighted by molar-refractivity contribution is -0.123. The molecule has 1 aliphatic carbocycles. The summed E-state index contributed by atoms with van der Waals surface area (Å²) in [6.45, 7) is 6.75. The highest BCUT2D eigenvalue weighted by atomic mass is 19.1. The van der Waals surface area contributed by atoms with Crippen molar-refractivity contribution in [2.45, 2.75) is 51.1 Å². The fourth-order valence-electron chi connectivity index (χ4n) is 7.03. The van der Waals surface area contributed by atoms with E-state index < -0.39 is 17.8 Å². The van der Waals surface area contributed by atoms with Crippen LogP contribution in [0.3, 0.4) is 0 Å². The molecule has 2 aromatic rings. The van der Waals surface area contributed by atoms with Gasteiger partial charge in [-0.25, -0.2) is 4.39 Å². The van der Waals surface area contributed by atoms with Crippen LogP contribution in [0.25, 0.3) is 0 Å². The molecule has 3 saturated heterocycles. The van der Waals surface area contributed by atoms with Crippen LogP contribution in [0, 0.1) is 24.6 Å². The lowest BCUT2D eigenvalue weighted by Gasteiger charge is -2.44. The Morgan fingerprint density at radius 3 is 2.48 bits per heavy atom. The topological polar surface area (TPSA) is 83.1 Å². The molecule has 4 aliphatic rings. The van der Waals surface area contributed by atoms with Gasteiger partial charge in [0.05, 0.1) is 30.7 Å². The molecule has 3 aliphatic heterocycles. The zero-order valence-corrected chi connectivity index (χ0v) is 25.5. The van der Waals surface area contributed by atoms with Crippen molar-refractivity contribution < 1.29 is 23.5 Å². The second-order valence-corrected chi connectivity index (χ2v) is 12.3. The first-order chi connectivity index (χ1) is 21.5. The van der Waals surface area contributed by atoms with Crippen molar-refractivity contribution in [1.82, 2.24) is 10.2 Å². The third-order valence-electron chi connectivity index (χ3n) is 9.37. The van der Waals surface area contributed by atoms with E-state index in [1.165, 1.54) is 6.07 Å². The standard InChI is InChI=1S/C35H43FN4O4/c1-24-5-2-9-31(36)32(24)35(42)40-16-4-8-30(33(40)25-10-12-26(13-11-25)37-27-14-19-43-20-15-27)34(41)38-28-6-3-7-29(23-28)39-17-21-44-22-18-39/h2-3,5-7,9-10,12-13,23,25,27,30,33,37H,4,8,11,14-22H2,1H3,(H,38,41)/t25?,30-,33-/m0/s1. The molecule has 9 heteroatoms. The van der Waals surface area contributed by atoms with Crippen molar-refractivity contribution in [3.05, 3.63) is 83.3 Å². The van der Waals surface area contributed by atoms with Gasteiger partial charge in [-0.2, -0.15) is 0 Å². The zero-order chi connectivity index (χ0) is 30.5. The Labute approximate surface area is 259 Å². The average molecular weight is 603 g/mol. The molecule has 2 amide bonds. The number of nitrogens with one attached hydrogen (secondary N) is 2. The summed E-state index contributed by atoms with van der Waals surface area (Å²) in [6.07, 6.45) is 10.3. The van der Waals surface area contributed by atoms with Gasteiger partial charge in [0.25, 0.3) is 5.91 Å². The lowest BCUT2D eigenvalue weighted by Crippen LogP contribution is -2.55. The quantitative estimate of drug-likeness (QED) is 0.461. The molecule has 0 bridgehead atoms. The van der Waals surface area contributed by atoms with Gasteiger partial charge in [0.1, 0.15) is 5.82 Å². The summed E-state index contributed by atoms with van der Waals surface area (Å²) >= 11 is 0. The fraction of sp³-hybridized carbons (Fsp3) is 0.486. The molecule has 234 valence electrons. The highest BCUT2D eigenvalue weighted by Crippen LogP contribution is 2.36. The van der Waals surface area contributed by atoms with Gasteiger partial charge in [-0.05, 0) is 74.9 Å². The number of nitrogens with zero attached hydrogens (tertiary/aromatic N) is 2. The number of hydrogen-bond acceptors (Lipinski definition) is 6. The first-order valence-electron chi connectivity index (χ1n) is 16.0. The summed E-state index contributed by atoms with van der Waals surface area (Å²) in [6, 6.07) is 12.6. The molecule has 0 aromatic heterocycles. The molecule has 0 saturated carbocycles. The van der Waals surface area contributed by atoms with Gasteiger partial charge in [0, 0.05) is 61.9 Å². The summed E-state index contributed by atoms with van der Waals surface area (Å²) < 4.78 is 26.1. The lowest BCUT2D eigenvalue weighted by atomic mass is 9.77. The summed E-state index contributed by atoms with van der Waals surface area (Å²) in [5.74, 6) is -1.51. The van der Waals surface area contributed by atoms with Gasteiger partial charge in [0.15, 0.2) is 0 Å². The minimum Gasteiger partial charge on any atom is -0.382 e. The van der Waals surface area contributed by atoms with Gasteiger partial charge >= 0.3 is 0 Å². The van der Waals surface area contributed by atoms with E-state index in [4.69, 9.17) is 9.47 Å². The Balaban J connectivity index is 1.24. The molecular weight excluding hydrogens is 559 g/mol. The molecule has 8 nitrogen and oxygen atoms in total. The molecule has 2 aromatic carbocycles. The minimum atomic E-state index is -0.526. The second kappa shape index (κ2) is 13.9. The van der Waals surface area contributed by atoms with Crippen LogP contribution in [0.4, 0.5) is 15.8 Å². The largest absolute Gasteiger partial charge is 0.382 e. The van der Waals surface area contributed by atoms with E-state index in [2.05, 4.69) is 33.8 Å². The van der Waals surface area contributed by atoms with Crippen molar-refractivity contribution in [1.29, 1.82) is 0 Å². The normalized spacial score (nSPS) is 24.5. The van der Waals surface area contributed by atoms with Gasteiger partial charge < -0.3 is 29.9 Å². The Morgan fingerprint density at radius 1 is 0.955 bits per heavy atom. The maximum atomic E-state index is 15.1. The Bertz CT molecular complexity index is 1380. The first-order valence-corrected chi connectivity index (χ1v) is 16.0. The molecule has 2 N–H and O–H groups in total. The van der Waals surface area contributed by atoms with E-state index in [0.717, 1.165) is 56.2 Å². The highest BCUT2D eigenvalue weighted by molar-refractivity contribution is 5.98. The fourth-order valence-corrected chi connectivity index (χ4v) is 7.03. The highest BCUT2D eigenvalue weighted by Gasteiger charge is 2.43. The predicted octanol–water partition coefficient (Wildman–Crippen LogP) is 5.06. The number of likely N-dealkylation sites (tertiary alicyclic amines) is 1. The summed E-state index contributed by atoms with van der Waals surface area (Å²) in [4.78, 5) is 32.1. The maximum Gasteiger partial charge on any atom is 0.257 e. The van der Waals surface area contributed by atoms with E-state index in [0.29, 0.717) is 50.6 Å². The van der Waals surface area contributed by atoms with Crippen LogP contribution in [0.1, 0.15) is 48.0 Å². The minimum absolute atomic E-state index is 0.0815. The van der Waals surface area contributed by atoms with Crippen LogP contribution in [-0.2, 0) is 14.3 Å². The van der Waals surface area contributed by atoms with Crippen molar-refractivity contribution in [2.24, 2.45) is 11.8 Å². The van der Waals surface area contributed by atoms with Crippen LogP contribution in [0.2, 0.25) is 0 Å². The third kappa shape index (κ3) is 6.84. The van der Waals surface area contributed by atoms with Crippen LogP contribution in [0.15, 0.2) is 66.4 Å². The molecule has 44 heavy (non-hydrogen) atoms. The first kappa shape index (κ1) is 30.3. The van der Waals surface area contributed by atoms with Crippen molar-refractivity contribution in [2.75, 3.05) is 56.3 Å². The number of amides is 2. The summed E-state index contributed by atoms with van der Waals surface area (Å²) in [5, 5.41) is 6.80.